The highest BCUT2D eigenvalue weighted by Crippen LogP contribution is 2.16. The number of hydrogen-bond donors (Lipinski definition) is 0. The Morgan fingerprint density at radius 1 is 1.54 bits per heavy atom. The fraction of sp³-hybridized carbons (Fsp3) is 0.727. The second-order valence-corrected chi connectivity index (χ2v) is 3.50. The fourth-order valence-electron chi connectivity index (χ4n) is 1.77. The third-order valence-electron chi connectivity index (χ3n) is 2.52. The van der Waals surface area contributed by atoms with Crippen molar-refractivity contribution < 1.29 is 4.79 Å². The first-order valence-electron chi connectivity index (χ1n) is 5.25. The lowest BCUT2D eigenvalue weighted by Gasteiger charge is -2.23. The second kappa shape index (κ2) is 5.05. The van der Waals surface area contributed by atoms with Crippen LogP contribution >= 0.6 is 0 Å². The Bertz CT molecular complexity index is 198. The van der Waals surface area contributed by atoms with E-state index in [2.05, 4.69) is 26.0 Å². The normalized spacial score (nSPS) is 20.2. The number of amides is 1. The van der Waals surface area contributed by atoms with E-state index in [1.807, 2.05) is 4.90 Å². The number of hydrogen-bond acceptors (Lipinski definition) is 1. The van der Waals surface area contributed by atoms with Crippen LogP contribution in [0.4, 0.5) is 0 Å². The quantitative estimate of drug-likeness (QED) is 0.610. The van der Waals surface area contributed by atoms with Gasteiger partial charge in [-0.2, -0.15) is 0 Å². The van der Waals surface area contributed by atoms with Gasteiger partial charge in [-0.25, -0.2) is 0 Å². The van der Waals surface area contributed by atoms with Crippen molar-refractivity contribution in [2.75, 3.05) is 6.54 Å². The molecule has 1 atom stereocenters. The van der Waals surface area contributed by atoms with Crippen molar-refractivity contribution in [3.63, 3.8) is 0 Å². The molecular formula is C11H19NO. The third kappa shape index (κ3) is 2.58. The summed E-state index contributed by atoms with van der Waals surface area (Å²) >= 11 is 0. The molecule has 0 aromatic heterocycles. The molecule has 0 aromatic rings. The average Bonchev–Trinajstić information content (AvgIpc) is 2.54. The van der Waals surface area contributed by atoms with Gasteiger partial charge in [0, 0.05) is 19.0 Å². The lowest BCUT2D eigenvalue weighted by atomic mass is 10.1. The molecule has 13 heavy (non-hydrogen) atoms. The van der Waals surface area contributed by atoms with E-state index < -0.39 is 0 Å². The Hall–Kier alpha value is -0.790. The molecule has 0 radical (unpaired) electrons. The van der Waals surface area contributed by atoms with Crippen molar-refractivity contribution in [2.45, 2.75) is 45.6 Å². The second-order valence-electron chi connectivity index (χ2n) is 3.50. The van der Waals surface area contributed by atoms with Crippen LogP contribution in [0.15, 0.2) is 12.2 Å². The number of allylic oxidation sites excluding steroid dienone is 1. The minimum Gasteiger partial charge on any atom is -0.336 e. The van der Waals surface area contributed by atoms with Gasteiger partial charge < -0.3 is 4.90 Å². The zero-order valence-electron chi connectivity index (χ0n) is 8.62. The highest BCUT2D eigenvalue weighted by Gasteiger charge is 2.24. The SMILES string of the molecule is CC/C=C/[C@@H](CC)N1CCCC1=O. The van der Waals surface area contributed by atoms with Gasteiger partial charge >= 0.3 is 0 Å². The van der Waals surface area contributed by atoms with Gasteiger partial charge in [-0.3, -0.25) is 4.79 Å². The minimum absolute atomic E-state index is 0.326. The first-order valence-corrected chi connectivity index (χ1v) is 5.25. The molecule has 0 aromatic carbocycles. The number of nitrogens with zero attached hydrogens (tertiary/aromatic N) is 1. The predicted molar refractivity (Wildman–Crippen MR) is 54.5 cm³/mol. The lowest BCUT2D eigenvalue weighted by Crippen LogP contribution is -2.34. The molecule has 74 valence electrons. The molecule has 0 aliphatic carbocycles. The largest absolute Gasteiger partial charge is 0.336 e. The average molecular weight is 181 g/mol. The van der Waals surface area contributed by atoms with E-state index in [0.717, 1.165) is 32.2 Å². The molecule has 0 unspecified atom stereocenters. The Kier molecular flexibility index (Phi) is 4.00. The molecular weight excluding hydrogens is 162 g/mol. The van der Waals surface area contributed by atoms with Crippen LogP contribution < -0.4 is 0 Å². The van der Waals surface area contributed by atoms with Crippen LogP contribution in [0.1, 0.15) is 39.5 Å². The summed E-state index contributed by atoms with van der Waals surface area (Å²) in [6.07, 6.45) is 8.19. The molecule has 0 saturated carbocycles. The molecule has 1 aliphatic heterocycles. The summed E-state index contributed by atoms with van der Waals surface area (Å²) in [5.74, 6) is 0.326. The van der Waals surface area contributed by atoms with Crippen molar-refractivity contribution >= 4 is 5.91 Å². The fourth-order valence-corrected chi connectivity index (χ4v) is 1.77. The van der Waals surface area contributed by atoms with E-state index in [0.29, 0.717) is 11.9 Å². The van der Waals surface area contributed by atoms with Crippen molar-refractivity contribution in [1.82, 2.24) is 4.90 Å². The van der Waals surface area contributed by atoms with Gasteiger partial charge in [0.25, 0.3) is 0 Å². The molecule has 2 nitrogen and oxygen atoms in total. The molecule has 1 fully saturated rings. The van der Waals surface area contributed by atoms with E-state index >= 15 is 0 Å². The van der Waals surface area contributed by atoms with Gasteiger partial charge in [-0.05, 0) is 19.3 Å². The van der Waals surface area contributed by atoms with Crippen molar-refractivity contribution in [3.8, 4) is 0 Å². The molecule has 0 spiro atoms. The van der Waals surface area contributed by atoms with Crippen molar-refractivity contribution in [1.29, 1.82) is 0 Å². The highest BCUT2D eigenvalue weighted by atomic mass is 16.2. The maximum Gasteiger partial charge on any atom is 0.223 e. The van der Waals surface area contributed by atoms with E-state index in [4.69, 9.17) is 0 Å². The summed E-state index contributed by atoms with van der Waals surface area (Å²) in [6.45, 7) is 5.21. The smallest absolute Gasteiger partial charge is 0.223 e. The number of carbonyl (C=O) groups excluding carboxylic acids is 1. The van der Waals surface area contributed by atoms with Crippen LogP contribution in [0, 0.1) is 0 Å². The summed E-state index contributed by atoms with van der Waals surface area (Å²) in [5, 5.41) is 0. The van der Waals surface area contributed by atoms with E-state index in [-0.39, 0.29) is 0 Å². The summed E-state index contributed by atoms with van der Waals surface area (Å²) in [5.41, 5.74) is 0. The Morgan fingerprint density at radius 2 is 2.31 bits per heavy atom. The zero-order chi connectivity index (χ0) is 9.68. The number of rotatable bonds is 4. The first kappa shape index (κ1) is 10.3. The van der Waals surface area contributed by atoms with Crippen LogP contribution in [0.2, 0.25) is 0 Å². The van der Waals surface area contributed by atoms with Gasteiger partial charge in [-0.15, -0.1) is 0 Å². The van der Waals surface area contributed by atoms with E-state index in [1.165, 1.54) is 0 Å². The van der Waals surface area contributed by atoms with Gasteiger partial charge in [0.05, 0.1) is 0 Å². The lowest BCUT2D eigenvalue weighted by molar-refractivity contribution is -0.128. The van der Waals surface area contributed by atoms with Crippen molar-refractivity contribution in [2.24, 2.45) is 0 Å². The monoisotopic (exact) mass is 181 g/mol. The number of likely N-dealkylation sites (tertiary alicyclic amines) is 1. The molecule has 1 amide bonds. The standard InChI is InChI=1S/C11H19NO/c1-3-5-7-10(4-2)12-9-6-8-11(12)13/h5,7,10H,3-4,6,8-9H2,1-2H3/b7-5+/t10-/m1/s1. The summed E-state index contributed by atoms with van der Waals surface area (Å²) < 4.78 is 0. The molecule has 1 aliphatic rings. The van der Waals surface area contributed by atoms with E-state index in [9.17, 15) is 4.79 Å². The van der Waals surface area contributed by atoms with Crippen LogP contribution in [0.25, 0.3) is 0 Å². The Balaban J connectivity index is 2.54. The molecule has 2 heteroatoms. The Labute approximate surface area is 80.6 Å². The topological polar surface area (TPSA) is 20.3 Å². The van der Waals surface area contributed by atoms with Crippen LogP contribution in [0.5, 0.6) is 0 Å². The van der Waals surface area contributed by atoms with Gasteiger partial charge in [-0.1, -0.05) is 26.0 Å². The maximum atomic E-state index is 11.4. The van der Waals surface area contributed by atoms with Crippen LogP contribution in [-0.2, 0) is 4.79 Å². The summed E-state index contributed by atoms with van der Waals surface area (Å²) in [6, 6.07) is 0.343. The molecule has 0 bridgehead atoms. The Morgan fingerprint density at radius 3 is 2.77 bits per heavy atom. The summed E-state index contributed by atoms with van der Waals surface area (Å²) in [7, 11) is 0. The maximum absolute atomic E-state index is 11.4. The zero-order valence-corrected chi connectivity index (χ0v) is 8.62. The molecule has 0 N–H and O–H groups in total. The predicted octanol–water partition coefficient (Wildman–Crippen LogP) is 2.35. The minimum atomic E-state index is 0.326. The molecule has 1 saturated heterocycles. The van der Waals surface area contributed by atoms with E-state index in [1.54, 1.807) is 0 Å². The van der Waals surface area contributed by atoms with Crippen molar-refractivity contribution in [3.05, 3.63) is 12.2 Å². The molecule has 1 rings (SSSR count). The first-order chi connectivity index (χ1) is 6.29. The van der Waals surface area contributed by atoms with Crippen LogP contribution in [-0.4, -0.2) is 23.4 Å². The molecule has 1 heterocycles. The third-order valence-corrected chi connectivity index (χ3v) is 2.52. The van der Waals surface area contributed by atoms with Crippen LogP contribution in [0.3, 0.4) is 0 Å². The van der Waals surface area contributed by atoms with Gasteiger partial charge in [0.1, 0.15) is 0 Å². The highest BCUT2D eigenvalue weighted by molar-refractivity contribution is 5.78. The van der Waals surface area contributed by atoms with Gasteiger partial charge in [0.2, 0.25) is 5.91 Å². The van der Waals surface area contributed by atoms with Gasteiger partial charge in [0.15, 0.2) is 0 Å². The number of carbonyl (C=O) groups is 1. The summed E-state index contributed by atoms with van der Waals surface area (Å²) in [4.78, 5) is 13.4.